The van der Waals surface area contributed by atoms with E-state index in [4.69, 9.17) is 9.84 Å². The molecular formula is C24H28N2O5. The molecule has 164 valence electrons. The van der Waals surface area contributed by atoms with Crippen LogP contribution in [0.25, 0.3) is 11.1 Å². The van der Waals surface area contributed by atoms with Gasteiger partial charge in [0, 0.05) is 12.0 Å². The number of ether oxygens (including phenoxy) is 1. The zero-order chi connectivity index (χ0) is 22.5. The van der Waals surface area contributed by atoms with Crippen molar-refractivity contribution >= 4 is 18.0 Å². The van der Waals surface area contributed by atoms with Crippen LogP contribution in [0.15, 0.2) is 48.5 Å². The van der Waals surface area contributed by atoms with E-state index in [-0.39, 0.29) is 18.6 Å². The second-order valence-corrected chi connectivity index (χ2v) is 7.81. The number of carbonyl (C=O) groups is 3. The maximum atomic E-state index is 12.7. The average Bonchev–Trinajstić information content (AvgIpc) is 3.08. The molecule has 0 saturated heterocycles. The number of alkyl carbamates (subject to hydrolysis) is 1. The number of nitrogens with one attached hydrogen (secondary N) is 1. The number of carboxylic acids is 1. The number of benzene rings is 2. The summed E-state index contributed by atoms with van der Waals surface area (Å²) in [6, 6.07) is 14.9. The first-order valence-electron chi connectivity index (χ1n) is 10.5. The second kappa shape index (κ2) is 9.64. The number of hydrogen-bond donors (Lipinski definition) is 2. The van der Waals surface area contributed by atoms with Gasteiger partial charge in [0.15, 0.2) is 0 Å². The van der Waals surface area contributed by atoms with Crippen LogP contribution in [0.4, 0.5) is 4.79 Å². The van der Waals surface area contributed by atoms with Gasteiger partial charge in [-0.2, -0.15) is 0 Å². The van der Waals surface area contributed by atoms with E-state index in [1.807, 2.05) is 43.3 Å². The molecule has 2 atom stereocenters. The summed E-state index contributed by atoms with van der Waals surface area (Å²) in [4.78, 5) is 37.5. The third-order valence-electron chi connectivity index (χ3n) is 5.76. The van der Waals surface area contributed by atoms with E-state index in [2.05, 4.69) is 17.4 Å². The molecule has 7 heteroatoms. The summed E-state index contributed by atoms with van der Waals surface area (Å²) >= 11 is 0. The molecule has 31 heavy (non-hydrogen) atoms. The molecule has 0 aliphatic heterocycles. The molecule has 0 aromatic heterocycles. The molecule has 0 spiro atoms. The van der Waals surface area contributed by atoms with Crippen molar-refractivity contribution in [2.45, 2.75) is 45.2 Å². The summed E-state index contributed by atoms with van der Waals surface area (Å²) in [6.45, 7) is 4.91. The fourth-order valence-corrected chi connectivity index (χ4v) is 3.94. The Kier molecular flexibility index (Phi) is 6.95. The van der Waals surface area contributed by atoms with E-state index in [0.717, 1.165) is 22.3 Å². The number of nitrogens with zero attached hydrogens (tertiary/aromatic N) is 1. The number of hydrogen-bond acceptors (Lipinski definition) is 4. The number of carbonyl (C=O) groups excluding carboxylic acids is 2. The van der Waals surface area contributed by atoms with Gasteiger partial charge >= 0.3 is 12.1 Å². The van der Waals surface area contributed by atoms with Gasteiger partial charge in [0.05, 0.1) is 0 Å². The molecule has 7 nitrogen and oxygen atoms in total. The summed E-state index contributed by atoms with van der Waals surface area (Å²) in [5, 5.41) is 11.6. The molecule has 3 rings (SSSR count). The van der Waals surface area contributed by atoms with Crippen molar-refractivity contribution in [2.75, 3.05) is 13.2 Å². The Bertz CT molecular complexity index is 928. The van der Waals surface area contributed by atoms with Gasteiger partial charge < -0.3 is 20.1 Å². The standard InChI is InChI=1S/C24H28N2O5/c1-4-15(2)26(13-22(27)28)23(29)16(3)25-24(30)31-14-21-19-11-7-5-9-17(19)18-10-6-8-12-20(18)21/h5-12,15-16,21H,4,13-14H2,1-3H3,(H,25,30)(H,27,28)/t15?,16-/m0/s1. The van der Waals surface area contributed by atoms with Gasteiger partial charge in [-0.05, 0) is 42.5 Å². The first kappa shape index (κ1) is 22.3. The normalized spacial score (nSPS) is 14.2. The summed E-state index contributed by atoms with van der Waals surface area (Å²) in [7, 11) is 0. The van der Waals surface area contributed by atoms with Crippen LogP contribution in [-0.2, 0) is 14.3 Å². The van der Waals surface area contributed by atoms with Crippen LogP contribution >= 0.6 is 0 Å². The maximum Gasteiger partial charge on any atom is 0.407 e. The van der Waals surface area contributed by atoms with Crippen LogP contribution < -0.4 is 5.32 Å². The lowest BCUT2D eigenvalue weighted by Gasteiger charge is -2.29. The molecule has 2 aromatic carbocycles. The van der Waals surface area contributed by atoms with Gasteiger partial charge in [0.1, 0.15) is 19.2 Å². The van der Waals surface area contributed by atoms with Crippen molar-refractivity contribution in [2.24, 2.45) is 0 Å². The highest BCUT2D eigenvalue weighted by atomic mass is 16.5. The first-order valence-corrected chi connectivity index (χ1v) is 10.5. The van der Waals surface area contributed by atoms with Gasteiger partial charge in [-0.3, -0.25) is 9.59 Å². The molecule has 2 aromatic rings. The topological polar surface area (TPSA) is 95.9 Å². The SMILES string of the molecule is CCC(C)N(CC(=O)O)C(=O)[C@H](C)NC(=O)OCC1c2ccccc2-c2ccccc21. The van der Waals surface area contributed by atoms with E-state index < -0.39 is 30.6 Å². The average molecular weight is 424 g/mol. The monoisotopic (exact) mass is 424 g/mol. The fourth-order valence-electron chi connectivity index (χ4n) is 3.94. The summed E-state index contributed by atoms with van der Waals surface area (Å²) in [5.74, 6) is -1.62. The van der Waals surface area contributed by atoms with Crippen molar-refractivity contribution in [1.29, 1.82) is 0 Å². The highest BCUT2D eigenvalue weighted by molar-refractivity contribution is 5.88. The van der Waals surface area contributed by atoms with Crippen molar-refractivity contribution in [3.8, 4) is 11.1 Å². The molecule has 2 amide bonds. The molecule has 0 saturated carbocycles. The third-order valence-corrected chi connectivity index (χ3v) is 5.76. The van der Waals surface area contributed by atoms with E-state index in [1.54, 1.807) is 6.92 Å². The highest BCUT2D eigenvalue weighted by Gasteiger charge is 2.30. The van der Waals surface area contributed by atoms with Crippen LogP contribution in [0.5, 0.6) is 0 Å². The molecule has 2 N–H and O–H groups in total. The molecule has 0 bridgehead atoms. The van der Waals surface area contributed by atoms with Crippen molar-refractivity contribution in [3.05, 3.63) is 59.7 Å². The van der Waals surface area contributed by atoms with E-state index in [9.17, 15) is 14.4 Å². The zero-order valence-electron chi connectivity index (χ0n) is 18.0. The number of carboxylic acid groups (broad SMARTS) is 1. The fraction of sp³-hybridized carbons (Fsp3) is 0.375. The van der Waals surface area contributed by atoms with E-state index in [0.29, 0.717) is 6.42 Å². The lowest BCUT2D eigenvalue weighted by atomic mass is 9.98. The van der Waals surface area contributed by atoms with Crippen LogP contribution in [0.2, 0.25) is 0 Å². The number of amides is 2. The number of rotatable bonds is 8. The van der Waals surface area contributed by atoms with Crippen LogP contribution in [0.3, 0.4) is 0 Å². The van der Waals surface area contributed by atoms with Crippen molar-refractivity contribution < 1.29 is 24.2 Å². The minimum Gasteiger partial charge on any atom is -0.480 e. The Balaban J connectivity index is 1.64. The zero-order valence-corrected chi connectivity index (χ0v) is 18.0. The Labute approximate surface area is 182 Å². The van der Waals surface area contributed by atoms with Gasteiger partial charge in [0.2, 0.25) is 5.91 Å². The van der Waals surface area contributed by atoms with Crippen molar-refractivity contribution in [1.82, 2.24) is 10.2 Å². The lowest BCUT2D eigenvalue weighted by molar-refractivity contribution is -0.146. The molecule has 1 aliphatic rings. The first-order chi connectivity index (χ1) is 14.8. The molecule has 0 radical (unpaired) electrons. The lowest BCUT2D eigenvalue weighted by Crippen LogP contribution is -2.51. The van der Waals surface area contributed by atoms with Gasteiger partial charge in [-0.15, -0.1) is 0 Å². The van der Waals surface area contributed by atoms with E-state index >= 15 is 0 Å². The van der Waals surface area contributed by atoms with Crippen molar-refractivity contribution in [3.63, 3.8) is 0 Å². The van der Waals surface area contributed by atoms with E-state index in [1.165, 1.54) is 11.8 Å². The molecular weight excluding hydrogens is 396 g/mol. The summed E-state index contributed by atoms with van der Waals surface area (Å²) in [5.41, 5.74) is 4.47. The number of aliphatic carboxylic acids is 1. The van der Waals surface area contributed by atoms with Crippen LogP contribution in [-0.4, -0.2) is 53.2 Å². The quantitative estimate of drug-likeness (QED) is 0.675. The Morgan fingerprint density at radius 1 is 1.03 bits per heavy atom. The predicted molar refractivity (Wildman–Crippen MR) is 117 cm³/mol. The highest BCUT2D eigenvalue weighted by Crippen LogP contribution is 2.44. The largest absolute Gasteiger partial charge is 0.480 e. The number of fused-ring (bicyclic) bond motifs is 3. The van der Waals surface area contributed by atoms with Crippen LogP contribution in [0.1, 0.15) is 44.2 Å². The molecule has 1 unspecified atom stereocenters. The molecule has 1 aliphatic carbocycles. The minimum atomic E-state index is -1.10. The minimum absolute atomic E-state index is 0.0761. The maximum absolute atomic E-state index is 12.7. The van der Waals surface area contributed by atoms with Crippen LogP contribution in [0, 0.1) is 0 Å². The second-order valence-electron chi connectivity index (χ2n) is 7.81. The van der Waals surface area contributed by atoms with Gasteiger partial charge in [0.25, 0.3) is 0 Å². The smallest absolute Gasteiger partial charge is 0.407 e. The Hall–Kier alpha value is -3.35. The summed E-state index contributed by atoms with van der Waals surface area (Å²) < 4.78 is 5.47. The Morgan fingerprint density at radius 3 is 2.10 bits per heavy atom. The predicted octanol–water partition coefficient (Wildman–Crippen LogP) is 3.63. The molecule has 0 fully saturated rings. The summed E-state index contributed by atoms with van der Waals surface area (Å²) in [6.07, 6.45) is -0.0985. The van der Waals surface area contributed by atoms with Gasteiger partial charge in [-0.25, -0.2) is 4.79 Å². The third kappa shape index (κ3) is 4.87. The Morgan fingerprint density at radius 2 is 1.58 bits per heavy atom. The molecule has 0 heterocycles. The van der Waals surface area contributed by atoms with Gasteiger partial charge in [-0.1, -0.05) is 55.5 Å².